The quantitative estimate of drug-likeness (QED) is 0.597. The molecule has 0 aromatic carbocycles. The van der Waals surface area contributed by atoms with Gasteiger partial charge in [-0.2, -0.15) is 0 Å². The first kappa shape index (κ1) is 11.1. The third-order valence-corrected chi connectivity index (χ3v) is 1.36. The third-order valence-electron chi connectivity index (χ3n) is 1.36. The highest BCUT2D eigenvalue weighted by molar-refractivity contribution is 4.92. The van der Waals surface area contributed by atoms with E-state index in [4.69, 9.17) is 0 Å². The molecule has 0 amide bonds. The van der Waals surface area contributed by atoms with Crippen LogP contribution in [0.15, 0.2) is 6.20 Å². The van der Waals surface area contributed by atoms with E-state index in [1.165, 1.54) is 0 Å². The summed E-state index contributed by atoms with van der Waals surface area (Å²) in [7, 11) is 0. The molecule has 1 rings (SSSR count). The van der Waals surface area contributed by atoms with Crippen molar-refractivity contribution >= 4 is 0 Å². The average molecular weight is 169 g/mol. The highest BCUT2D eigenvalue weighted by atomic mass is 15.4. The first-order valence-electron chi connectivity index (χ1n) is 4.39. The summed E-state index contributed by atoms with van der Waals surface area (Å²) in [4.78, 5) is 0. The lowest BCUT2D eigenvalue weighted by Gasteiger charge is -2.19. The van der Waals surface area contributed by atoms with E-state index in [1.807, 2.05) is 25.5 Å². The molecule has 0 atom stereocenters. The Kier molecular flexibility index (Phi) is 3.93. The van der Waals surface area contributed by atoms with Gasteiger partial charge in [0.05, 0.1) is 17.4 Å². The van der Waals surface area contributed by atoms with Crippen LogP contribution in [0, 0.1) is 6.92 Å². The lowest BCUT2D eigenvalue weighted by atomic mass is 10.1. The molecule has 12 heavy (non-hydrogen) atoms. The SMILES string of the molecule is CC.Cc1cnnn1C(C)(C)C. The lowest BCUT2D eigenvalue weighted by Crippen LogP contribution is -2.24. The summed E-state index contributed by atoms with van der Waals surface area (Å²) in [6.07, 6.45) is 1.77. The van der Waals surface area contributed by atoms with E-state index in [-0.39, 0.29) is 5.54 Å². The van der Waals surface area contributed by atoms with Crippen molar-refractivity contribution in [1.82, 2.24) is 15.0 Å². The minimum atomic E-state index is 0.0561. The topological polar surface area (TPSA) is 30.7 Å². The van der Waals surface area contributed by atoms with Crippen LogP contribution in [0.25, 0.3) is 0 Å². The Morgan fingerprint density at radius 2 is 1.75 bits per heavy atom. The van der Waals surface area contributed by atoms with Crippen molar-refractivity contribution in [3.05, 3.63) is 11.9 Å². The molecule has 0 bridgehead atoms. The molecule has 0 N–H and O–H groups in total. The Balaban J connectivity index is 0.000000561. The van der Waals surface area contributed by atoms with Gasteiger partial charge in [-0.15, -0.1) is 5.10 Å². The summed E-state index contributed by atoms with van der Waals surface area (Å²) in [6.45, 7) is 12.3. The Labute approximate surface area is 74.8 Å². The molecular weight excluding hydrogens is 150 g/mol. The predicted octanol–water partition coefficient (Wildman–Crippen LogP) is 2.37. The highest BCUT2D eigenvalue weighted by Crippen LogP contribution is 2.12. The summed E-state index contributed by atoms with van der Waals surface area (Å²) in [5.74, 6) is 0. The summed E-state index contributed by atoms with van der Waals surface area (Å²) in [5.41, 5.74) is 1.16. The van der Waals surface area contributed by atoms with Gasteiger partial charge in [-0.25, -0.2) is 4.68 Å². The molecule has 1 aromatic rings. The molecule has 0 aliphatic heterocycles. The van der Waals surface area contributed by atoms with Crippen LogP contribution in [0.1, 0.15) is 40.3 Å². The molecule has 0 fully saturated rings. The van der Waals surface area contributed by atoms with Gasteiger partial charge < -0.3 is 0 Å². The van der Waals surface area contributed by atoms with Crippen molar-refractivity contribution in [3.63, 3.8) is 0 Å². The first-order chi connectivity index (χ1) is 5.52. The summed E-state index contributed by atoms with van der Waals surface area (Å²) in [5, 5.41) is 7.75. The van der Waals surface area contributed by atoms with Gasteiger partial charge in [0.15, 0.2) is 0 Å². The van der Waals surface area contributed by atoms with Gasteiger partial charge in [-0.3, -0.25) is 0 Å². The maximum Gasteiger partial charge on any atom is 0.0722 e. The minimum absolute atomic E-state index is 0.0561. The summed E-state index contributed by atoms with van der Waals surface area (Å²) >= 11 is 0. The number of nitrogens with zero attached hydrogens (tertiary/aromatic N) is 3. The fourth-order valence-corrected chi connectivity index (χ4v) is 0.949. The maximum atomic E-state index is 3.95. The molecule has 0 unspecified atom stereocenters. The fourth-order valence-electron chi connectivity index (χ4n) is 0.949. The molecule has 1 aromatic heterocycles. The molecule has 3 nitrogen and oxygen atoms in total. The average Bonchev–Trinajstić information content (AvgIpc) is 2.38. The van der Waals surface area contributed by atoms with E-state index in [2.05, 4.69) is 31.1 Å². The lowest BCUT2D eigenvalue weighted by molar-refractivity contribution is 0.339. The van der Waals surface area contributed by atoms with E-state index in [1.54, 1.807) is 6.20 Å². The largest absolute Gasteiger partial charge is 0.244 e. The minimum Gasteiger partial charge on any atom is -0.244 e. The van der Waals surface area contributed by atoms with Crippen molar-refractivity contribution in [2.24, 2.45) is 0 Å². The normalized spacial score (nSPS) is 10.5. The van der Waals surface area contributed by atoms with E-state index in [0.29, 0.717) is 0 Å². The monoisotopic (exact) mass is 169 g/mol. The van der Waals surface area contributed by atoms with Crippen LogP contribution in [0.2, 0.25) is 0 Å². The van der Waals surface area contributed by atoms with Crippen molar-refractivity contribution in [2.75, 3.05) is 0 Å². The zero-order valence-electron chi connectivity index (χ0n) is 8.92. The van der Waals surface area contributed by atoms with Crippen LogP contribution in [0.3, 0.4) is 0 Å². The number of aryl methyl sites for hydroxylation is 1. The van der Waals surface area contributed by atoms with Crippen LogP contribution in [-0.2, 0) is 5.54 Å². The second-order valence-corrected chi connectivity index (χ2v) is 3.46. The number of rotatable bonds is 0. The summed E-state index contributed by atoms with van der Waals surface area (Å²) in [6, 6.07) is 0. The van der Waals surface area contributed by atoms with Gasteiger partial charge in [-0.1, -0.05) is 19.1 Å². The number of hydrogen-bond acceptors (Lipinski definition) is 2. The highest BCUT2D eigenvalue weighted by Gasteiger charge is 2.15. The van der Waals surface area contributed by atoms with Gasteiger partial charge >= 0.3 is 0 Å². The van der Waals surface area contributed by atoms with Gasteiger partial charge in [0.1, 0.15) is 0 Å². The van der Waals surface area contributed by atoms with Crippen LogP contribution in [0.4, 0.5) is 0 Å². The predicted molar refractivity (Wildman–Crippen MR) is 51.1 cm³/mol. The van der Waals surface area contributed by atoms with Crippen molar-refractivity contribution < 1.29 is 0 Å². The Morgan fingerprint density at radius 3 is 1.92 bits per heavy atom. The van der Waals surface area contributed by atoms with E-state index in [0.717, 1.165) is 5.69 Å². The fraction of sp³-hybridized carbons (Fsp3) is 0.778. The molecule has 70 valence electrons. The zero-order chi connectivity index (χ0) is 9.78. The first-order valence-corrected chi connectivity index (χ1v) is 4.39. The third kappa shape index (κ3) is 2.64. The van der Waals surface area contributed by atoms with Crippen molar-refractivity contribution in [2.45, 2.75) is 47.1 Å². The Hall–Kier alpha value is -0.860. The molecule has 1 heterocycles. The van der Waals surface area contributed by atoms with Crippen LogP contribution < -0.4 is 0 Å². The van der Waals surface area contributed by atoms with Crippen LogP contribution in [0.5, 0.6) is 0 Å². The van der Waals surface area contributed by atoms with E-state index in [9.17, 15) is 0 Å². The molecule has 0 saturated heterocycles. The molecule has 3 heteroatoms. The van der Waals surface area contributed by atoms with Crippen molar-refractivity contribution in [3.8, 4) is 0 Å². The van der Waals surface area contributed by atoms with Gasteiger partial charge in [0, 0.05) is 0 Å². The zero-order valence-corrected chi connectivity index (χ0v) is 8.92. The molecule has 0 saturated carbocycles. The second kappa shape index (κ2) is 4.24. The number of aromatic nitrogens is 3. The maximum absolute atomic E-state index is 3.95. The molecular formula is C9H19N3. The molecule has 0 spiro atoms. The van der Waals surface area contributed by atoms with Crippen LogP contribution >= 0.6 is 0 Å². The van der Waals surface area contributed by atoms with Crippen LogP contribution in [-0.4, -0.2) is 15.0 Å². The standard InChI is InChI=1S/C7H13N3.C2H6/c1-6-5-8-9-10(6)7(2,3)4;1-2/h5H,1-4H3;1-2H3. The Morgan fingerprint density at radius 1 is 1.25 bits per heavy atom. The summed E-state index contributed by atoms with van der Waals surface area (Å²) < 4.78 is 1.91. The molecule has 0 aliphatic carbocycles. The van der Waals surface area contributed by atoms with E-state index >= 15 is 0 Å². The second-order valence-electron chi connectivity index (χ2n) is 3.46. The van der Waals surface area contributed by atoms with Gasteiger partial charge in [0.2, 0.25) is 0 Å². The molecule has 0 aliphatic rings. The van der Waals surface area contributed by atoms with E-state index < -0.39 is 0 Å². The Bertz CT molecular complexity index is 220. The smallest absolute Gasteiger partial charge is 0.0722 e. The van der Waals surface area contributed by atoms with Crippen molar-refractivity contribution in [1.29, 1.82) is 0 Å². The number of hydrogen-bond donors (Lipinski definition) is 0. The van der Waals surface area contributed by atoms with Gasteiger partial charge in [0.25, 0.3) is 0 Å². The molecule has 0 radical (unpaired) electrons. The van der Waals surface area contributed by atoms with Gasteiger partial charge in [-0.05, 0) is 27.7 Å².